The SMILES string of the molecule is N#Cc1ccc(CNc2cccc(Cl)n2)cc1. The maximum absolute atomic E-state index is 8.68. The average molecular weight is 244 g/mol. The van der Waals surface area contributed by atoms with Crippen LogP contribution in [-0.2, 0) is 6.54 Å². The van der Waals surface area contributed by atoms with Crippen LogP contribution in [0.15, 0.2) is 42.5 Å². The van der Waals surface area contributed by atoms with Crippen LogP contribution < -0.4 is 5.32 Å². The van der Waals surface area contributed by atoms with Gasteiger partial charge in [0.2, 0.25) is 0 Å². The van der Waals surface area contributed by atoms with E-state index in [4.69, 9.17) is 16.9 Å². The second kappa shape index (κ2) is 5.33. The van der Waals surface area contributed by atoms with Gasteiger partial charge in [0.25, 0.3) is 0 Å². The molecule has 3 nitrogen and oxygen atoms in total. The normalized spacial score (nSPS) is 9.65. The van der Waals surface area contributed by atoms with Crippen LogP contribution in [0.1, 0.15) is 11.1 Å². The third kappa shape index (κ3) is 3.20. The van der Waals surface area contributed by atoms with Gasteiger partial charge in [-0.2, -0.15) is 5.26 Å². The van der Waals surface area contributed by atoms with E-state index in [1.54, 1.807) is 18.2 Å². The van der Waals surface area contributed by atoms with Crippen molar-refractivity contribution in [2.75, 3.05) is 5.32 Å². The predicted molar refractivity (Wildman–Crippen MR) is 67.7 cm³/mol. The van der Waals surface area contributed by atoms with Crippen LogP contribution in [0.5, 0.6) is 0 Å². The number of nitrogens with one attached hydrogen (secondary N) is 1. The minimum Gasteiger partial charge on any atom is -0.366 e. The van der Waals surface area contributed by atoms with Gasteiger partial charge in [0.1, 0.15) is 11.0 Å². The first kappa shape index (κ1) is 11.4. The number of benzene rings is 1. The molecule has 0 amide bonds. The van der Waals surface area contributed by atoms with Crippen molar-refractivity contribution in [3.63, 3.8) is 0 Å². The molecule has 0 radical (unpaired) electrons. The largest absolute Gasteiger partial charge is 0.366 e. The summed E-state index contributed by atoms with van der Waals surface area (Å²) >= 11 is 5.78. The van der Waals surface area contributed by atoms with Crippen molar-refractivity contribution in [2.24, 2.45) is 0 Å². The van der Waals surface area contributed by atoms with E-state index in [1.165, 1.54) is 0 Å². The lowest BCUT2D eigenvalue weighted by molar-refractivity contribution is 1.11. The first-order chi connectivity index (χ1) is 8.28. The second-order valence-electron chi connectivity index (χ2n) is 3.51. The number of nitrogens with zero attached hydrogens (tertiary/aromatic N) is 2. The molecule has 0 fully saturated rings. The van der Waals surface area contributed by atoms with Crippen LogP contribution in [0.3, 0.4) is 0 Å². The fraction of sp³-hybridized carbons (Fsp3) is 0.0769. The zero-order chi connectivity index (χ0) is 12.1. The van der Waals surface area contributed by atoms with Crippen LogP contribution in [0.4, 0.5) is 5.82 Å². The van der Waals surface area contributed by atoms with Gasteiger partial charge < -0.3 is 5.32 Å². The molecule has 0 bridgehead atoms. The van der Waals surface area contributed by atoms with E-state index >= 15 is 0 Å². The van der Waals surface area contributed by atoms with Crippen LogP contribution in [-0.4, -0.2) is 4.98 Å². The summed E-state index contributed by atoms with van der Waals surface area (Å²) in [5.41, 5.74) is 1.75. The van der Waals surface area contributed by atoms with Crippen LogP contribution >= 0.6 is 11.6 Å². The van der Waals surface area contributed by atoms with Gasteiger partial charge in [-0.3, -0.25) is 0 Å². The Hall–Kier alpha value is -2.05. The average Bonchev–Trinajstić information content (AvgIpc) is 2.37. The van der Waals surface area contributed by atoms with Gasteiger partial charge in [0, 0.05) is 6.54 Å². The quantitative estimate of drug-likeness (QED) is 0.842. The van der Waals surface area contributed by atoms with Gasteiger partial charge in [-0.1, -0.05) is 29.8 Å². The molecule has 17 heavy (non-hydrogen) atoms. The Kier molecular flexibility index (Phi) is 3.59. The maximum Gasteiger partial charge on any atom is 0.131 e. The Labute approximate surface area is 105 Å². The van der Waals surface area contributed by atoms with Gasteiger partial charge in [-0.25, -0.2) is 4.98 Å². The molecular formula is C13H10ClN3. The van der Waals surface area contributed by atoms with Gasteiger partial charge in [0.05, 0.1) is 11.6 Å². The molecule has 1 N–H and O–H groups in total. The summed E-state index contributed by atoms with van der Waals surface area (Å²) in [6, 6.07) is 14.9. The summed E-state index contributed by atoms with van der Waals surface area (Å²) in [6.45, 7) is 0.652. The lowest BCUT2D eigenvalue weighted by atomic mass is 10.1. The smallest absolute Gasteiger partial charge is 0.131 e. The number of pyridine rings is 1. The highest BCUT2D eigenvalue weighted by atomic mass is 35.5. The highest BCUT2D eigenvalue weighted by molar-refractivity contribution is 6.29. The van der Waals surface area contributed by atoms with Crippen LogP contribution in [0.2, 0.25) is 5.15 Å². The number of aromatic nitrogens is 1. The van der Waals surface area contributed by atoms with Crippen molar-refractivity contribution in [2.45, 2.75) is 6.54 Å². The number of nitriles is 1. The van der Waals surface area contributed by atoms with E-state index in [1.807, 2.05) is 24.3 Å². The van der Waals surface area contributed by atoms with Gasteiger partial charge in [-0.15, -0.1) is 0 Å². The van der Waals surface area contributed by atoms with Crippen LogP contribution in [0.25, 0.3) is 0 Å². The van der Waals surface area contributed by atoms with Crippen molar-refractivity contribution in [3.8, 4) is 6.07 Å². The van der Waals surface area contributed by atoms with Crippen molar-refractivity contribution in [3.05, 3.63) is 58.7 Å². The highest BCUT2D eigenvalue weighted by Crippen LogP contribution is 2.11. The van der Waals surface area contributed by atoms with E-state index in [0.717, 1.165) is 11.4 Å². The van der Waals surface area contributed by atoms with E-state index in [-0.39, 0.29) is 0 Å². The lowest BCUT2D eigenvalue weighted by Crippen LogP contribution is -2.01. The zero-order valence-corrected chi connectivity index (χ0v) is 9.78. The molecule has 0 atom stereocenters. The van der Waals surface area contributed by atoms with Gasteiger partial charge >= 0.3 is 0 Å². The van der Waals surface area contributed by atoms with Crippen LogP contribution in [0, 0.1) is 11.3 Å². The first-order valence-electron chi connectivity index (χ1n) is 5.13. The molecule has 1 aromatic heterocycles. The van der Waals surface area contributed by atoms with Crippen molar-refractivity contribution >= 4 is 17.4 Å². The summed E-state index contributed by atoms with van der Waals surface area (Å²) in [4.78, 5) is 4.12. The monoisotopic (exact) mass is 243 g/mol. The summed E-state index contributed by atoms with van der Waals surface area (Å²) in [5.74, 6) is 0.738. The second-order valence-corrected chi connectivity index (χ2v) is 3.90. The number of rotatable bonds is 3. The lowest BCUT2D eigenvalue weighted by Gasteiger charge is -2.05. The summed E-state index contributed by atoms with van der Waals surface area (Å²) < 4.78 is 0. The number of hydrogen-bond acceptors (Lipinski definition) is 3. The fourth-order valence-electron chi connectivity index (χ4n) is 1.40. The van der Waals surface area contributed by atoms with Crippen molar-refractivity contribution in [1.29, 1.82) is 5.26 Å². The van der Waals surface area contributed by atoms with Gasteiger partial charge in [0.15, 0.2) is 0 Å². The summed E-state index contributed by atoms with van der Waals surface area (Å²) in [7, 11) is 0. The molecule has 0 aliphatic heterocycles. The first-order valence-corrected chi connectivity index (χ1v) is 5.51. The Bertz CT molecular complexity index is 543. The standard InChI is InChI=1S/C13H10ClN3/c14-12-2-1-3-13(17-12)16-9-11-6-4-10(8-15)5-7-11/h1-7H,9H2,(H,16,17). The maximum atomic E-state index is 8.68. The Morgan fingerprint density at radius 3 is 2.59 bits per heavy atom. The molecule has 0 saturated heterocycles. The Morgan fingerprint density at radius 2 is 1.94 bits per heavy atom. The number of hydrogen-bond donors (Lipinski definition) is 1. The molecule has 2 rings (SSSR count). The van der Waals surface area contributed by atoms with Crippen molar-refractivity contribution < 1.29 is 0 Å². The Balaban J connectivity index is 2.00. The minimum absolute atomic E-state index is 0.467. The topological polar surface area (TPSA) is 48.7 Å². The van der Waals surface area contributed by atoms with Gasteiger partial charge in [-0.05, 0) is 29.8 Å². The molecule has 4 heteroatoms. The minimum atomic E-state index is 0.467. The number of anilines is 1. The van der Waals surface area contributed by atoms with E-state index < -0.39 is 0 Å². The third-order valence-electron chi connectivity index (χ3n) is 2.27. The molecule has 0 spiro atoms. The number of halogens is 1. The van der Waals surface area contributed by atoms with E-state index in [2.05, 4.69) is 16.4 Å². The molecule has 0 saturated carbocycles. The molecule has 1 aromatic carbocycles. The molecule has 0 aliphatic rings. The summed E-state index contributed by atoms with van der Waals surface area (Å²) in [5, 5.41) is 12.3. The zero-order valence-electron chi connectivity index (χ0n) is 9.02. The highest BCUT2D eigenvalue weighted by Gasteiger charge is 1.96. The third-order valence-corrected chi connectivity index (χ3v) is 2.48. The molecule has 1 heterocycles. The Morgan fingerprint density at radius 1 is 1.18 bits per heavy atom. The van der Waals surface area contributed by atoms with Crippen molar-refractivity contribution in [1.82, 2.24) is 4.98 Å². The fourth-order valence-corrected chi connectivity index (χ4v) is 1.56. The van der Waals surface area contributed by atoms with E-state index in [9.17, 15) is 0 Å². The molecule has 0 unspecified atom stereocenters. The molecule has 84 valence electrons. The predicted octanol–water partition coefficient (Wildman–Crippen LogP) is 3.22. The van der Waals surface area contributed by atoms with E-state index in [0.29, 0.717) is 17.3 Å². The molecule has 0 aliphatic carbocycles. The molecular weight excluding hydrogens is 234 g/mol. The summed E-state index contributed by atoms with van der Waals surface area (Å²) in [6.07, 6.45) is 0. The molecule has 2 aromatic rings.